The zero-order chi connectivity index (χ0) is 11.0. The maximum atomic E-state index is 13.0. The van der Waals surface area contributed by atoms with Crippen LogP contribution in [0, 0.1) is 11.7 Å². The van der Waals surface area contributed by atoms with Crippen molar-refractivity contribution in [3.8, 4) is 0 Å². The second kappa shape index (κ2) is 3.65. The zero-order valence-corrected chi connectivity index (χ0v) is 8.88. The van der Waals surface area contributed by atoms with Crippen LogP contribution in [0.5, 0.6) is 0 Å². The Labute approximate surface area is 88.5 Å². The molecule has 1 aliphatic rings. The highest BCUT2D eigenvalue weighted by atomic mass is 19.1. The van der Waals surface area contributed by atoms with Crippen molar-refractivity contribution in [2.45, 2.75) is 19.8 Å². The standard InChI is InChI=1S/C12H14FNO/c1-7(2)11-6-14-12(15)10-5-8(13)3-4-9(10)11/h3-5,7,11H,6H2,1-2H3,(H,14,15). The van der Waals surface area contributed by atoms with Gasteiger partial charge in [0.15, 0.2) is 0 Å². The van der Waals surface area contributed by atoms with Crippen molar-refractivity contribution in [2.24, 2.45) is 5.92 Å². The maximum Gasteiger partial charge on any atom is 0.251 e. The summed E-state index contributed by atoms with van der Waals surface area (Å²) < 4.78 is 13.0. The Morgan fingerprint density at radius 1 is 1.47 bits per heavy atom. The Kier molecular flexibility index (Phi) is 2.47. The van der Waals surface area contributed by atoms with Crippen molar-refractivity contribution >= 4 is 5.91 Å². The molecule has 0 saturated carbocycles. The van der Waals surface area contributed by atoms with Gasteiger partial charge in [-0.2, -0.15) is 0 Å². The lowest BCUT2D eigenvalue weighted by molar-refractivity contribution is 0.0935. The van der Waals surface area contributed by atoms with Crippen LogP contribution in [-0.2, 0) is 0 Å². The number of benzene rings is 1. The quantitative estimate of drug-likeness (QED) is 0.752. The summed E-state index contributed by atoms with van der Waals surface area (Å²) in [6.07, 6.45) is 0. The van der Waals surface area contributed by atoms with Crippen LogP contribution in [0.1, 0.15) is 35.7 Å². The SMILES string of the molecule is CC(C)C1CNC(=O)c2cc(F)ccc21. The lowest BCUT2D eigenvalue weighted by Crippen LogP contribution is -2.36. The first kappa shape index (κ1) is 10.1. The van der Waals surface area contributed by atoms with Crippen LogP contribution >= 0.6 is 0 Å². The molecular weight excluding hydrogens is 193 g/mol. The van der Waals surface area contributed by atoms with Gasteiger partial charge in [-0.15, -0.1) is 0 Å². The molecule has 0 bridgehead atoms. The van der Waals surface area contributed by atoms with Gasteiger partial charge in [0.05, 0.1) is 0 Å². The van der Waals surface area contributed by atoms with Crippen LogP contribution in [0.4, 0.5) is 4.39 Å². The molecule has 3 heteroatoms. The Morgan fingerprint density at radius 2 is 2.20 bits per heavy atom. The molecule has 1 unspecified atom stereocenters. The van der Waals surface area contributed by atoms with Gasteiger partial charge < -0.3 is 5.32 Å². The molecule has 0 radical (unpaired) electrons. The van der Waals surface area contributed by atoms with E-state index in [2.05, 4.69) is 19.2 Å². The first-order valence-corrected chi connectivity index (χ1v) is 5.17. The van der Waals surface area contributed by atoms with Gasteiger partial charge >= 0.3 is 0 Å². The van der Waals surface area contributed by atoms with Gasteiger partial charge in [0.25, 0.3) is 5.91 Å². The molecule has 0 aliphatic carbocycles. The van der Waals surface area contributed by atoms with Crippen molar-refractivity contribution in [3.63, 3.8) is 0 Å². The average Bonchev–Trinajstić information content (AvgIpc) is 2.19. The topological polar surface area (TPSA) is 29.1 Å². The molecule has 0 fully saturated rings. The van der Waals surface area contributed by atoms with Gasteiger partial charge in [0.2, 0.25) is 0 Å². The minimum Gasteiger partial charge on any atom is -0.351 e. The molecule has 1 amide bonds. The molecule has 0 aromatic heterocycles. The fourth-order valence-corrected chi connectivity index (χ4v) is 2.05. The largest absolute Gasteiger partial charge is 0.351 e. The summed E-state index contributed by atoms with van der Waals surface area (Å²) in [5.41, 5.74) is 1.45. The van der Waals surface area contributed by atoms with Crippen molar-refractivity contribution < 1.29 is 9.18 Å². The molecule has 1 atom stereocenters. The van der Waals surface area contributed by atoms with E-state index in [9.17, 15) is 9.18 Å². The minimum absolute atomic E-state index is 0.165. The smallest absolute Gasteiger partial charge is 0.251 e. The molecule has 1 aliphatic heterocycles. The molecule has 80 valence electrons. The summed E-state index contributed by atoms with van der Waals surface area (Å²) >= 11 is 0. The van der Waals surface area contributed by atoms with E-state index < -0.39 is 0 Å². The van der Waals surface area contributed by atoms with Gasteiger partial charge in [-0.05, 0) is 23.6 Å². The van der Waals surface area contributed by atoms with Crippen molar-refractivity contribution in [1.82, 2.24) is 5.32 Å². The van der Waals surface area contributed by atoms with Crippen LogP contribution in [0.3, 0.4) is 0 Å². The molecule has 15 heavy (non-hydrogen) atoms. The van der Waals surface area contributed by atoms with E-state index >= 15 is 0 Å². The number of fused-ring (bicyclic) bond motifs is 1. The summed E-state index contributed by atoms with van der Waals surface area (Å²) in [6, 6.07) is 4.47. The normalized spacial score (nSPS) is 20.0. The third-order valence-corrected chi connectivity index (χ3v) is 2.95. The van der Waals surface area contributed by atoms with Gasteiger partial charge in [0.1, 0.15) is 5.82 Å². The summed E-state index contributed by atoms with van der Waals surface area (Å²) in [7, 11) is 0. The summed E-state index contributed by atoms with van der Waals surface area (Å²) in [5.74, 6) is 0.211. The summed E-state index contributed by atoms with van der Waals surface area (Å²) in [5, 5.41) is 2.79. The van der Waals surface area contributed by atoms with Gasteiger partial charge in [-0.25, -0.2) is 4.39 Å². The van der Waals surface area contributed by atoms with E-state index in [1.165, 1.54) is 12.1 Å². The number of carbonyl (C=O) groups excluding carboxylic acids is 1. The average molecular weight is 207 g/mol. The fraction of sp³-hybridized carbons (Fsp3) is 0.417. The molecule has 1 aromatic carbocycles. The van der Waals surface area contributed by atoms with E-state index in [0.29, 0.717) is 23.9 Å². The number of halogens is 1. The molecular formula is C12H14FNO. The van der Waals surface area contributed by atoms with Crippen LogP contribution in [-0.4, -0.2) is 12.5 Å². The van der Waals surface area contributed by atoms with Crippen LogP contribution in [0.25, 0.3) is 0 Å². The highest BCUT2D eigenvalue weighted by Gasteiger charge is 2.27. The monoisotopic (exact) mass is 207 g/mol. The third kappa shape index (κ3) is 1.74. The lowest BCUT2D eigenvalue weighted by atomic mass is 9.83. The van der Waals surface area contributed by atoms with Gasteiger partial charge in [0, 0.05) is 18.0 Å². The minimum atomic E-state index is -0.353. The second-order valence-electron chi connectivity index (χ2n) is 4.29. The van der Waals surface area contributed by atoms with Gasteiger partial charge in [-0.3, -0.25) is 4.79 Å². The maximum absolute atomic E-state index is 13.0. The predicted octanol–water partition coefficient (Wildman–Crippen LogP) is 2.31. The number of carbonyl (C=O) groups is 1. The molecule has 1 aromatic rings. The Hall–Kier alpha value is -1.38. The molecule has 1 heterocycles. The highest BCUT2D eigenvalue weighted by molar-refractivity contribution is 5.97. The van der Waals surface area contributed by atoms with Gasteiger partial charge in [-0.1, -0.05) is 19.9 Å². The number of rotatable bonds is 1. The molecule has 2 nitrogen and oxygen atoms in total. The van der Waals surface area contributed by atoms with Crippen LogP contribution < -0.4 is 5.32 Å². The van der Waals surface area contributed by atoms with E-state index in [1.807, 2.05) is 0 Å². The number of nitrogens with one attached hydrogen (secondary N) is 1. The van der Waals surface area contributed by atoms with Crippen molar-refractivity contribution in [3.05, 3.63) is 35.1 Å². The molecule has 2 rings (SSSR count). The first-order chi connectivity index (χ1) is 7.09. The Balaban J connectivity index is 2.50. The van der Waals surface area contributed by atoms with Crippen molar-refractivity contribution in [1.29, 1.82) is 0 Å². The van der Waals surface area contributed by atoms with E-state index in [-0.39, 0.29) is 11.7 Å². The van der Waals surface area contributed by atoms with E-state index in [0.717, 1.165) is 5.56 Å². The molecule has 0 spiro atoms. The van der Waals surface area contributed by atoms with E-state index in [4.69, 9.17) is 0 Å². The Morgan fingerprint density at radius 3 is 2.87 bits per heavy atom. The predicted molar refractivity (Wildman–Crippen MR) is 56.3 cm³/mol. The zero-order valence-electron chi connectivity index (χ0n) is 8.88. The lowest BCUT2D eigenvalue weighted by Gasteiger charge is -2.28. The summed E-state index contributed by atoms with van der Waals surface area (Å²) in [4.78, 5) is 11.5. The molecule has 1 N–H and O–H groups in total. The number of hydrogen-bond acceptors (Lipinski definition) is 1. The van der Waals surface area contributed by atoms with Crippen LogP contribution in [0.2, 0.25) is 0 Å². The third-order valence-electron chi connectivity index (χ3n) is 2.95. The van der Waals surface area contributed by atoms with Crippen LogP contribution in [0.15, 0.2) is 18.2 Å². The number of hydrogen-bond donors (Lipinski definition) is 1. The highest BCUT2D eigenvalue weighted by Crippen LogP contribution is 2.30. The fourth-order valence-electron chi connectivity index (χ4n) is 2.05. The Bertz CT molecular complexity index is 401. The van der Waals surface area contributed by atoms with Crippen molar-refractivity contribution in [2.75, 3.05) is 6.54 Å². The number of amides is 1. The summed E-state index contributed by atoms with van der Waals surface area (Å²) in [6.45, 7) is 4.86. The molecule has 0 saturated heterocycles. The second-order valence-corrected chi connectivity index (χ2v) is 4.29. The first-order valence-electron chi connectivity index (χ1n) is 5.17. The van der Waals surface area contributed by atoms with E-state index in [1.54, 1.807) is 6.07 Å².